The average Bonchev–Trinajstić information content (AvgIpc) is 3.33. The molecule has 39 heavy (non-hydrogen) atoms. The van der Waals surface area contributed by atoms with Gasteiger partial charge in [-0.2, -0.15) is 0 Å². The van der Waals surface area contributed by atoms with Gasteiger partial charge in [-0.15, -0.1) is 0 Å². The molecule has 3 aromatic carbocycles. The molecule has 7 nitrogen and oxygen atoms in total. The van der Waals surface area contributed by atoms with Crippen LogP contribution in [0.25, 0.3) is 0 Å². The summed E-state index contributed by atoms with van der Waals surface area (Å²) in [5, 5.41) is 0. The zero-order chi connectivity index (χ0) is 27.6. The fourth-order valence-electron chi connectivity index (χ4n) is 6.20. The highest BCUT2D eigenvalue weighted by Gasteiger charge is 2.60. The van der Waals surface area contributed by atoms with Gasteiger partial charge in [-0.25, -0.2) is 0 Å². The van der Waals surface area contributed by atoms with Crippen LogP contribution >= 0.6 is 0 Å². The van der Waals surface area contributed by atoms with Crippen molar-refractivity contribution in [3.05, 3.63) is 108 Å². The van der Waals surface area contributed by atoms with Crippen molar-refractivity contribution in [2.24, 2.45) is 11.8 Å². The topological polar surface area (TPSA) is 74.3 Å². The van der Waals surface area contributed by atoms with Crippen molar-refractivity contribution in [3.8, 4) is 0 Å². The van der Waals surface area contributed by atoms with Crippen LogP contribution in [-0.2, 0) is 28.5 Å². The second-order valence-corrected chi connectivity index (χ2v) is 10.5. The standard InChI is InChI=1S/C32H35NO6/c1-32(2)38-20-24(29(39-32)23-18-12-7-13-19-23)33-27(21-14-8-5-9-15-21)25(30(34)36-3)26(31(35)37-4)28(33)22-16-10-6-11-17-22/h5-19,24-29H,20H2,1-4H3/t24-,25-,26-,27+,28+,29-/m0/s1. The minimum atomic E-state index is -0.818. The predicted molar refractivity (Wildman–Crippen MR) is 145 cm³/mol. The summed E-state index contributed by atoms with van der Waals surface area (Å²) in [6.07, 6.45) is -0.387. The summed E-state index contributed by atoms with van der Waals surface area (Å²) in [6.45, 7) is 4.14. The Hall–Kier alpha value is -3.52. The Kier molecular flexibility index (Phi) is 7.84. The summed E-state index contributed by atoms with van der Waals surface area (Å²) in [4.78, 5) is 29.4. The Morgan fingerprint density at radius 3 is 1.54 bits per heavy atom. The first kappa shape index (κ1) is 27.1. The highest BCUT2D eigenvalue weighted by Crippen LogP contribution is 2.56. The summed E-state index contributed by atoms with van der Waals surface area (Å²) in [7, 11) is 2.72. The fraction of sp³-hybridized carbons (Fsp3) is 0.375. The number of nitrogens with zero attached hydrogens (tertiary/aromatic N) is 1. The van der Waals surface area contributed by atoms with Crippen LogP contribution in [0.1, 0.15) is 48.7 Å². The molecule has 2 heterocycles. The van der Waals surface area contributed by atoms with E-state index in [9.17, 15) is 9.59 Å². The van der Waals surface area contributed by atoms with Gasteiger partial charge in [0.05, 0.1) is 50.8 Å². The van der Waals surface area contributed by atoms with Gasteiger partial charge in [0.25, 0.3) is 0 Å². The molecule has 0 unspecified atom stereocenters. The molecule has 2 fully saturated rings. The van der Waals surface area contributed by atoms with Crippen molar-refractivity contribution in [1.29, 1.82) is 0 Å². The van der Waals surface area contributed by atoms with E-state index in [0.717, 1.165) is 16.7 Å². The molecule has 6 atom stereocenters. The van der Waals surface area contributed by atoms with E-state index in [1.54, 1.807) is 0 Å². The van der Waals surface area contributed by atoms with E-state index < -0.39 is 41.6 Å². The maximum Gasteiger partial charge on any atom is 0.311 e. The lowest BCUT2D eigenvalue weighted by atomic mass is 9.82. The number of rotatable bonds is 6. The molecule has 5 rings (SSSR count). The maximum absolute atomic E-state index is 13.6. The Balaban J connectivity index is 1.75. The van der Waals surface area contributed by atoms with Crippen LogP contribution in [0.3, 0.4) is 0 Å². The monoisotopic (exact) mass is 529 g/mol. The smallest absolute Gasteiger partial charge is 0.311 e. The van der Waals surface area contributed by atoms with Crippen LogP contribution < -0.4 is 0 Å². The van der Waals surface area contributed by atoms with Gasteiger partial charge in [-0.05, 0) is 30.5 Å². The van der Waals surface area contributed by atoms with Gasteiger partial charge in [0, 0.05) is 0 Å². The third-order valence-corrected chi connectivity index (χ3v) is 7.81. The molecule has 0 aliphatic carbocycles. The van der Waals surface area contributed by atoms with E-state index in [1.807, 2.05) is 105 Å². The van der Waals surface area contributed by atoms with E-state index >= 15 is 0 Å². The first-order valence-electron chi connectivity index (χ1n) is 13.3. The lowest BCUT2D eigenvalue weighted by Crippen LogP contribution is -2.53. The molecule has 0 spiro atoms. The molecular formula is C32H35NO6. The lowest BCUT2D eigenvalue weighted by Gasteiger charge is -2.48. The second kappa shape index (κ2) is 11.3. The molecule has 3 aromatic rings. The quantitative estimate of drug-likeness (QED) is 0.404. The highest BCUT2D eigenvalue weighted by atomic mass is 16.7. The number of benzene rings is 3. The summed E-state index contributed by atoms with van der Waals surface area (Å²) in [5.74, 6) is -3.37. The molecule has 2 aliphatic heterocycles. The summed E-state index contributed by atoms with van der Waals surface area (Å²) >= 11 is 0. The minimum Gasteiger partial charge on any atom is -0.469 e. The number of esters is 2. The Morgan fingerprint density at radius 2 is 1.13 bits per heavy atom. The van der Waals surface area contributed by atoms with Gasteiger partial charge in [0.1, 0.15) is 6.10 Å². The normalized spacial score (nSPS) is 28.5. The van der Waals surface area contributed by atoms with E-state index in [0.29, 0.717) is 6.61 Å². The number of hydrogen-bond acceptors (Lipinski definition) is 7. The van der Waals surface area contributed by atoms with Crippen LogP contribution in [0.15, 0.2) is 91.0 Å². The van der Waals surface area contributed by atoms with Crippen molar-refractivity contribution in [1.82, 2.24) is 4.90 Å². The van der Waals surface area contributed by atoms with E-state index in [-0.39, 0.29) is 12.1 Å². The largest absolute Gasteiger partial charge is 0.469 e. The van der Waals surface area contributed by atoms with E-state index in [4.69, 9.17) is 18.9 Å². The number of methoxy groups -OCH3 is 2. The first-order valence-corrected chi connectivity index (χ1v) is 13.3. The molecule has 0 amide bonds. The van der Waals surface area contributed by atoms with Gasteiger partial charge in [0.2, 0.25) is 0 Å². The fourth-order valence-corrected chi connectivity index (χ4v) is 6.20. The van der Waals surface area contributed by atoms with Crippen LogP contribution in [0, 0.1) is 11.8 Å². The summed E-state index contributed by atoms with van der Waals surface area (Å²) in [5.41, 5.74) is 2.79. The van der Waals surface area contributed by atoms with Crippen molar-refractivity contribution < 1.29 is 28.5 Å². The zero-order valence-electron chi connectivity index (χ0n) is 22.7. The Bertz CT molecular complexity index is 1200. The van der Waals surface area contributed by atoms with Crippen molar-refractivity contribution in [2.75, 3.05) is 20.8 Å². The van der Waals surface area contributed by atoms with Gasteiger partial charge >= 0.3 is 11.9 Å². The van der Waals surface area contributed by atoms with E-state index in [2.05, 4.69) is 4.90 Å². The number of carbonyl (C=O) groups is 2. The predicted octanol–water partition coefficient (Wildman–Crippen LogP) is 5.26. The Morgan fingerprint density at radius 1 is 0.718 bits per heavy atom. The third kappa shape index (κ3) is 5.22. The molecule has 0 radical (unpaired) electrons. The van der Waals surface area contributed by atoms with Crippen LogP contribution in [-0.4, -0.2) is 49.5 Å². The van der Waals surface area contributed by atoms with Gasteiger partial charge < -0.3 is 18.9 Å². The van der Waals surface area contributed by atoms with Gasteiger partial charge in [-0.1, -0.05) is 91.0 Å². The third-order valence-electron chi connectivity index (χ3n) is 7.81. The maximum atomic E-state index is 13.6. The molecule has 7 heteroatoms. The molecular weight excluding hydrogens is 494 g/mol. The molecule has 2 saturated heterocycles. The molecule has 0 saturated carbocycles. The number of hydrogen-bond donors (Lipinski definition) is 0. The number of carbonyl (C=O) groups excluding carboxylic acids is 2. The summed E-state index contributed by atoms with van der Waals surface area (Å²) in [6, 6.07) is 28.3. The molecule has 2 aliphatic rings. The summed E-state index contributed by atoms with van der Waals surface area (Å²) < 4.78 is 23.5. The number of likely N-dealkylation sites (tertiary alicyclic amines) is 1. The Labute approximate surface area is 229 Å². The average molecular weight is 530 g/mol. The minimum absolute atomic E-state index is 0.334. The molecule has 0 bridgehead atoms. The van der Waals surface area contributed by atoms with Crippen molar-refractivity contribution in [2.45, 2.75) is 43.9 Å². The van der Waals surface area contributed by atoms with E-state index in [1.165, 1.54) is 14.2 Å². The molecule has 204 valence electrons. The highest BCUT2D eigenvalue weighted by molar-refractivity contribution is 5.84. The lowest BCUT2D eigenvalue weighted by molar-refractivity contribution is -0.300. The molecule has 0 N–H and O–H groups in total. The van der Waals surface area contributed by atoms with Crippen molar-refractivity contribution >= 4 is 11.9 Å². The van der Waals surface area contributed by atoms with Crippen LogP contribution in [0.2, 0.25) is 0 Å². The second-order valence-electron chi connectivity index (χ2n) is 10.5. The molecule has 0 aromatic heterocycles. The number of ether oxygens (including phenoxy) is 4. The van der Waals surface area contributed by atoms with Crippen LogP contribution in [0.5, 0.6) is 0 Å². The first-order chi connectivity index (χ1) is 18.9. The van der Waals surface area contributed by atoms with Gasteiger partial charge in [-0.3, -0.25) is 14.5 Å². The zero-order valence-corrected chi connectivity index (χ0v) is 22.7. The van der Waals surface area contributed by atoms with Gasteiger partial charge in [0.15, 0.2) is 5.79 Å². The van der Waals surface area contributed by atoms with Crippen LogP contribution in [0.4, 0.5) is 0 Å². The van der Waals surface area contributed by atoms with Crippen molar-refractivity contribution in [3.63, 3.8) is 0 Å². The SMILES string of the molecule is COC(=O)[C@H]1[C@H](C(=O)OC)[C@@H](c2ccccc2)N([C@H]2COC(C)(C)O[C@H]2c2ccccc2)[C@@H]1c1ccccc1.